The van der Waals surface area contributed by atoms with E-state index in [9.17, 15) is 0 Å². The monoisotopic (exact) mass is 352 g/mol. The average molecular weight is 354 g/mol. The molecule has 0 N–H and O–H groups in total. The van der Waals surface area contributed by atoms with E-state index >= 15 is 0 Å². The minimum absolute atomic E-state index is 0.609. The Bertz CT molecular complexity index is 606. The highest BCUT2D eigenvalue weighted by atomic mass is 79.9. The Labute approximate surface area is 133 Å². The molecule has 1 unspecified atom stereocenters. The van der Waals surface area contributed by atoms with Crippen LogP contribution in [0.15, 0.2) is 30.5 Å². The zero-order valence-corrected chi connectivity index (χ0v) is 13.9. The summed E-state index contributed by atoms with van der Waals surface area (Å²) in [6, 6.07) is 8.09. The van der Waals surface area contributed by atoms with Crippen LogP contribution < -0.4 is 4.90 Å². The Morgan fingerprint density at radius 2 is 2.05 bits per heavy atom. The zero-order valence-electron chi connectivity index (χ0n) is 11.5. The van der Waals surface area contributed by atoms with Crippen molar-refractivity contribution in [3.8, 4) is 0 Å². The Hall–Kier alpha value is -0.800. The van der Waals surface area contributed by atoms with Gasteiger partial charge in [-0.15, -0.1) is 0 Å². The molecule has 0 amide bonds. The topological polar surface area (TPSA) is 16.1 Å². The summed E-state index contributed by atoms with van der Waals surface area (Å²) in [6.07, 6.45) is 4.36. The molecule has 0 radical (unpaired) electrons. The van der Waals surface area contributed by atoms with Gasteiger partial charge in [-0.2, -0.15) is 0 Å². The van der Waals surface area contributed by atoms with Crippen molar-refractivity contribution in [1.82, 2.24) is 4.98 Å². The third kappa shape index (κ3) is 2.79. The van der Waals surface area contributed by atoms with Crippen LogP contribution in [0.3, 0.4) is 0 Å². The van der Waals surface area contributed by atoms with Crippen molar-refractivity contribution in [2.45, 2.75) is 24.6 Å². The summed E-state index contributed by atoms with van der Waals surface area (Å²) in [6.45, 7) is 4.48. The molecule has 0 spiro atoms. The third-order valence-electron chi connectivity index (χ3n) is 4.21. The zero-order chi connectivity index (χ0) is 14.1. The fourth-order valence-electron chi connectivity index (χ4n) is 2.98. The highest BCUT2D eigenvalue weighted by Gasteiger charge is 2.23. The van der Waals surface area contributed by atoms with Crippen LogP contribution in [0.5, 0.6) is 0 Å². The number of rotatable bonds is 2. The number of hydrogen-bond donors (Lipinski definition) is 0. The Balaban J connectivity index is 1.88. The van der Waals surface area contributed by atoms with Gasteiger partial charge in [-0.1, -0.05) is 34.5 Å². The second-order valence-electron chi connectivity index (χ2n) is 5.49. The molecule has 1 saturated heterocycles. The highest BCUT2D eigenvalue weighted by molar-refractivity contribution is 9.09. The molecule has 1 aromatic heterocycles. The van der Waals surface area contributed by atoms with E-state index in [2.05, 4.69) is 44.9 Å². The molecule has 1 atom stereocenters. The number of piperidine rings is 1. The lowest BCUT2D eigenvalue weighted by molar-refractivity contribution is 0.407. The number of pyridine rings is 1. The number of anilines is 1. The number of benzene rings is 1. The number of halogens is 2. The lowest BCUT2D eigenvalue weighted by Gasteiger charge is -2.35. The molecule has 106 valence electrons. The van der Waals surface area contributed by atoms with E-state index in [1.54, 1.807) is 0 Å². The van der Waals surface area contributed by atoms with E-state index < -0.39 is 0 Å². The first-order valence-corrected chi connectivity index (χ1v) is 8.38. The molecule has 2 heterocycles. The SMILES string of the molecule is CC(Br)C1CCN(c2ccnc3cc(Cl)ccc23)CC1. The molecule has 0 bridgehead atoms. The second kappa shape index (κ2) is 5.90. The maximum atomic E-state index is 6.05. The van der Waals surface area contributed by atoms with Crippen molar-refractivity contribution in [2.75, 3.05) is 18.0 Å². The standard InChI is InChI=1S/C16H18BrClN2/c1-11(17)12-5-8-20(9-6-12)16-4-7-19-15-10-13(18)2-3-14(15)16/h2-4,7,10-12H,5-6,8-9H2,1H3. The summed E-state index contributed by atoms with van der Waals surface area (Å²) < 4.78 is 0. The summed E-state index contributed by atoms with van der Waals surface area (Å²) >= 11 is 9.77. The van der Waals surface area contributed by atoms with Gasteiger partial charge in [-0.25, -0.2) is 0 Å². The van der Waals surface area contributed by atoms with Gasteiger partial charge in [0.05, 0.1) is 5.52 Å². The van der Waals surface area contributed by atoms with Gasteiger partial charge in [0.2, 0.25) is 0 Å². The molecule has 0 saturated carbocycles. The van der Waals surface area contributed by atoms with Crippen molar-refractivity contribution in [3.05, 3.63) is 35.5 Å². The van der Waals surface area contributed by atoms with E-state index in [-0.39, 0.29) is 0 Å². The van der Waals surface area contributed by atoms with Gasteiger partial charge < -0.3 is 4.90 Å². The molecule has 2 aromatic rings. The van der Waals surface area contributed by atoms with Gasteiger partial charge in [0, 0.05) is 40.2 Å². The molecule has 2 nitrogen and oxygen atoms in total. The fraction of sp³-hybridized carbons (Fsp3) is 0.438. The van der Waals surface area contributed by atoms with E-state index in [0.717, 1.165) is 29.5 Å². The minimum atomic E-state index is 0.609. The summed E-state index contributed by atoms with van der Waals surface area (Å²) in [4.78, 5) is 7.51. The van der Waals surface area contributed by atoms with Gasteiger partial charge >= 0.3 is 0 Å². The van der Waals surface area contributed by atoms with Gasteiger partial charge in [0.15, 0.2) is 0 Å². The van der Waals surface area contributed by atoms with Crippen LogP contribution in [0.4, 0.5) is 5.69 Å². The molecule has 4 heteroatoms. The smallest absolute Gasteiger partial charge is 0.0737 e. The van der Waals surface area contributed by atoms with E-state index in [1.807, 2.05) is 18.3 Å². The fourth-order valence-corrected chi connectivity index (χ4v) is 3.68. The van der Waals surface area contributed by atoms with E-state index in [1.165, 1.54) is 23.9 Å². The summed E-state index contributed by atoms with van der Waals surface area (Å²) in [5, 5.41) is 1.94. The van der Waals surface area contributed by atoms with Crippen LogP contribution in [-0.4, -0.2) is 22.9 Å². The van der Waals surface area contributed by atoms with Crippen molar-refractivity contribution in [1.29, 1.82) is 0 Å². The van der Waals surface area contributed by atoms with Crippen molar-refractivity contribution >= 4 is 44.1 Å². The van der Waals surface area contributed by atoms with Crippen LogP contribution >= 0.6 is 27.5 Å². The van der Waals surface area contributed by atoms with Crippen LogP contribution in [0.25, 0.3) is 10.9 Å². The first kappa shape index (κ1) is 14.2. The molecule has 1 aliphatic heterocycles. The van der Waals surface area contributed by atoms with Crippen LogP contribution in [-0.2, 0) is 0 Å². The number of hydrogen-bond acceptors (Lipinski definition) is 2. The Kier molecular flexibility index (Phi) is 4.18. The number of alkyl halides is 1. The second-order valence-corrected chi connectivity index (χ2v) is 7.37. The van der Waals surface area contributed by atoms with Crippen molar-refractivity contribution in [2.24, 2.45) is 5.92 Å². The first-order chi connectivity index (χ1) is 9.65. The molecule has 1 fully saturated rings. The Morgan fingerprint density at radius 1 is 1.30 bits per heavy atom. The average Bonchev–Trinajstić information content (AvgIpc) is 2.46. The summed E-state index contributed by atoms with van der Waals surface area (Å²) in [5.74, 6) is 0.786. The van der Waals surface area contributed by atoms with Crippen molar-refractivity contribution < 1.29 is 0 Å². The molecule has 1 aliphatic rings. The number of aromatic nitrogens is 1. The van der Waals surface area contributed by atoms with E-state index in [4.69, 9.17) is 11.6 Å². The highest BCUT2D eigenvalue weighted by Crippen LogP contribution is 2.32. The van der Waals surface area contributed by atoms with Gasteiger partial charge in [0.1, 0.15) is 0 Å². The quantitative estimate of drug-likeness (QED) is 0.715. The first-order valence-electron chi connectivity index (χ1n) is 7.08. The predicted octanol–water partition coefficient (Wildman–Crippen LogP) is 4.89. The molecule has 3 rings (SSSR count). The van der Waals surface area contributed by atoms with Gasteiger partial charge in [0.25, 0.3) is 0 Å². The maximum absolute atomic E-state index is 6.05. The van der Waals surface area contributed by atoms with Crippen molar-refractivity contribution in [3.63, 3.8) is 0 Å². The normalized spacial score (nSPS) is 18.4. The predicted molar refractivity (Wildman–Crippen MR) is 90.1 cm³/mol. The molecular formula is C16H18BrClN2. The third-order valence-corrected chi connectivity index (χ3v) is 5.19. The molecule has 0 aliphatic carbocycles. The molecular weight excluding hydrogens is 336 g/mol. The Morgan fingerprint density at radius 3 is 2.75 bits per heavy atom. The molecule has 1 aromatic carbocycles. The minimum Gasteiger partial charge on any atom is -0.371 e. The summed E-state index contributed by atoms with van der Waals surface area (Å²) in [7, 11) is 0. The molecule has 20 heavy (non-hydrogen) atoms. The van der Waals surface area contributed by atoms with Crippen LogP contribution in [0, 0.1) is 5.92 Å². The number of fused-ring (bicyclic) bond motifs is 1. The van der Waals surface area contributed by atoms with E-state index in [0.29, 0.717) is 4.83 Å². The summed E-state index contributed by atoms with van der Waals surface area (Å²) in [5.41, 5.74) is 2.26. The van der Waals surface area contributed by atoms with Gasteiger partial charge in [-0.3, -0.25) is 4.98 Å². The largest absolute Gasteiger partial charge is 0.371 e. The number of nitrogens with zero attached hydrogens (tertiary/aromatic N) is 2. The van der Waals surface area contributed by atoms with Crippen LogP contribution in [0.2, 0.25) is 5.02 Å². The lowest BCUT2D eigenvalue weighted by atomic mass is 9.94. The maximum Gasteiger partial charge on any atom is 0.0737 e. The lowest BCUT2D eigenvalue weighted by Crippen LogP contribution is -2.35. The van der Waals surface area contributed by atoms with Crippen LogP contribution in [0.1, 0.15) is 19.8 Å². The van der Waals surface area contributed by atoms with Gasteiger partial charge in [-0.05, 0) is 43.0 Å².